The summed E-state index contributed by atoms with van der Waals surface area (Å²) in [7, 11) is -2.42. The molecule has 0 radical (unpaired) electrons. The molecule has 0 unspecified atom stereocenters. The molecule has 8 nitrogen and oxygen atoms in total. The first-order valence-corrected chi connectivity index (χ1v) is 12.4. The Kier molecular flexibility index (Phi) is 5.69. The van der Waals surface area contributed by atoms with Crippen LogP contribution in [0.5, 0.6) is 17.2 Å². The quantitative estimate of drug-likeness (QED) is 0.379. The van der Waals surface area contributed by atoms with Gasteiger partial charge in [-0.2, -0.15) is 0 Å². The van der Waals surface area contributed by atoms with E-state index in [1.807, 2.05) is 17.5 Å². The highest BCUT2D eigenvalue weighted by molar-refractivity contribution is 7.92. The number of anilines is 1. The van der Waals surface area contributed by atoms with Gasteiger partial charge >= 0.3 is 0 Å². The second kappa shape index (κ2) is 8.80. The fourth-order valence-corrected chi connectivity index (χ4v) is 5.52. The van der Waals surface area contributed by atoms with Gasteiger partial charge in [-0.25, -0.2) is 13.4 Å². The van der Waals surface area contributed by atoms with Gasteiger partial charge in [-0.3, -0.25) is 4.31 Å². The number of aromatic nitrogens is 1. The molecular weight excluding hydrogens is 464 g/mol. The summed E-state index contributed by atoms with van der Waals surface area (Å²) < 4.78 is 50.7. The van der Waals surface area contributed by atoms with E-state index in [2.05, 4.69) is 4.98 Å². The topological polar surface area (TPSA) is 91.1 Å². The number of thiophene rings is 1. The Balaban J connectivity index is 1.53. The molecule has 0 spiro atoms. The molecule has 5 rings (SSSR count). The maximum absolute atomic E-state index is 13.8. The Bertz CT molecular complexity index is 1350. The van der Waals surface area contributed by atoms with E-state index >= 15 is 0 Å². The molecule has 4 aromatic rings. The summed E-state index contributed by atoms with van der Waals surface area (Å²) in [4.78, 5) is 5.45. The first-order chi connectivity index (χ1) is 16.0. The number of oxazole rings is 1. The summed E-state index contributed by atoms with van der Waals surface area (Å²) in [5.41, 5.74) is 0.946. The molecule has 1 aliphatic rings. The molecule has 0 bridgehead atoms. The summed E-state index contributed by atoms with van der Waals surface area (Å²) >= 11 is 1.50. The predicted octanol–water partition coefficient (Wildman–Crippen LogP) is 4.58. The maximum Gasteiger partial charge on any atom is 0.264 e. The minimum atomic E-state index is -3.97. The van der Waals surface area contributed by atoms with Crippen molar-refractivity contribution in [3.63, 3.8) is 0 Å². The standard InChI is InChI=1S/C23H20N2O6S2/c1-28-18-6-4-17(5-7-18)25(14-16-15-31-23(24-16)22-3-2-12-32-22)33(26,27)19-8-9-20-21(13-19)30-11-10-29-20/h2-9,12-13,15H,10-11,14H2,1H3. The van der Waals surface area contributed by atoms with Crippen LogP contribution in [-0.2, 0) is 16.6 Å². The number of hydrogen-bond donors (Lipinski definition) is 0. The van der Waals surface area contributed by atoms with Gasteiger partial charge in [0, 0.05) is 6.07 Å². The summed E-state index contributed by atoms with van der Waals surface area (Å²) in [6, 6.07) is 15.2. The van der Waals surface area contributed by atoms with E-state index in [0.717, 1.165) is 4.88 Å². The highest BCUT2D eigenvalue weighted by atomic mass is 32.2. The van der Waals surface area contributed by atoms with Crippen LogP contribution in [0, 0.1) is 0 Å². The van der Waals surface area contributed by atoms with Gasteiger partial charge in [0.05, 0.1) is 29.1 Å². The second-order valence-electron chi connectivity index (χ2n) is 7.14. The molecular formula is C23H20N2O6S2. The van der Waals surface area contributed by atoms with Gasteiger partial charge in [0.25, 0.3) is 10.0 Å². The number of sulfonamides is 1. The molecule has 0 saturated heterocycles. The van der Waals surface area contributed by atoms with Crippen molar-refractivity contribution in [3.05, 3.63) is 71.9 Å². The third-order valence-electron chi connectivity index (χ3n) is 5.05. The lowest BCUT2D eigenvalue weighted by Gasteiger charge is -2.25. The van der Waals surface area contributed by atoms with Gasteiger partial charge in [-0.1, -0.05) is 6.07 Å². The molecule has 10 heteroatoms. The zero-order valence-electron chi connectivity index (χ0n) is 17.6. The van der Waals surface area contributed by atoms with Crippen LogP contribution < -0.4 is 18.5 Å². The fraction of sp³-hybridized carbons (Fsp3) is 0.174. The van der Waals surface area contributed by atoms with Gasteiger partial charge in [0.1, 0.15) is 30.9 Å². The van der Waals surface area contributed by atoms with E-state index in [0.29, 0.717) is 47.7 Å². The molecule has 0 atom stereocenters. The Morgan fingerprint density at radius 2 is 1.85 bits per heavy atom. The highest BCUT2D eigenvalue weighted by Gasteiger charge is 2.28. The van der Waals surface area contributed by atoms with E-state index in [9.17, 15) is 8.42 Å². The van der Waals surface area contributed by atoms with Crippen LogP contribution in [0.25, 0.3) is 10.8 Å². The monoisotopic (exact) mass is 484 g/mol. The van der Waals surface area contributed by atoms with Crippen LogP contribution in [0.3, 0.4) is 0 Å². The Hall–Kier alpha value is -3.50. The van der Waals surface area contributed by atoms with E-state index in [4.69, 9.17) is 18.6 Å². The third-order valence-corrected chi connectivity index (χ3v) is 7.68. The van der Waals surface area contributed by atoms with Gasteiger partial charge < -0.3 is 18.6 Å². The zero-order chi connectivity index (χ0) is 22.8. The lowest BCUT2D eigenvalue weighted by atomic mass is 10.3. The van der Waals surface area contributed by atoms with Crippen molar-refractivity contribution in [2.24, 2.45) is 0 Å². The number of hydrogen-bond acceptors (Lipinski definition) is 8. The molecule has 170 valence electrons. The van der Waals surface area contributed by atoms with E-state index in [1.165, 1.54) is 34.0 Å². The lowest BCUT2D eigenvalue weighted by molar-refractivity contribution is 0.171. The van der Waals surface area contributed by atoms with Crippen molar-refractivity contribution in [3.8, 4) is 28.0 Å². The molecule has 2 aromatic carbocycles. The second-order valence-corrected chi connectivity index (χ2v) is 9.95. The van der Waals surface area contributed by atoms with Crippen LogP contribution in [0.4, 0.5) is 5.69 Å². The molecule has 33 heavy (non-hydrogen) atoms. The fourth-order valence-electron chi connectivity index (χ4n) is 3.42. The van der Waals surface area contributed by atoms with E-state index < -0.39 is 10.0 Å². The Morgan fingerprint density at radius 1 is 1.06 bits per heavy atom. The number of benzene rings is 2. The molecule has 2 aromatic heterocycles. The van der Waals surface area contributed by atoms with Crippen LogP contribution in [-0.4, -0.2) is 33.7 Å². The number of ether oxygens (including phenoxy) is 3. The number of methoxy groups -OCH3 is 1. The first kappa shape index (κ1) is 21.4. The largest absolute Gasteiger partial charge is 0.497 e. The molecule has 0 aliphatic carbocycles. The van der Waals surface area contributed by atoms with Crippen molar-refractivity contribution in [2.75, 3.05) is 24.6 Å². The van der Waals surface area contributed by atoms with Crippen LogP contribution in [0.1, 0.15) is 5.69 Å². The number of nitrogens with zero attached hydrogens (tertiary/aromatic N) is 2. The molecule has 1 aliphatic heterocycles. The summed E-state index contributed by atoms with van der Waals surface area (Å²) in [6.07, 6.45) is 1.48. The molecule has 0 fully saturated rings. The Labute approximate surface area is 195 Å². The van der Waals surface area contributed by atoms with Crippen molar-refractivity contribution in [1.82, 2.24) is 4.98 Å². The zero-order valence-corrected chi connectivity index (χ0v) is 19.3. The molecule has 3 heterocycles. The van der Waals surface area contributed by atoms with E-state index in [-0.39, 0.29) is 11.4 Å². The first-order valence-electron chi connectivity index (χ1n) is 10.1. The smallest absolute Gasteiger partial charge is 0.264 e. The SMILES string of the molecule is COc1ccc(N(Cc2coc(-c3cccs3)n2)S(=O)(=O)c2ccc3c(c2)OCCO3)cc1. The lowest BCUT2D eigenvalue weighted by Crippen LogP contribution is -2.31. The summed E-state index contributed by atoms with van der Waals surface area (Å²) in [5.74, 6) is 2.00. The van der Waals surface area contributed by atoms with Gasteiger partial charge in [-0.05, 0) is 47.8 Å². The maximum atomic E-state index is 13.8. The van der Waals surface area contributed by atoms with Crippen molar-refractivity contribution in [1.29, 1.82) is 0 Å². The molecule has 0 N–H and O–H groups in total. The van der Waals surface area contributed by atoms with Crippen LogP contribution >= 0.6 is 11.3 Å². The average Bonchev–Trinajstić information content (AvgIpc) is 3.54. The number of rotatable bonds is 7. The van der Waals surface area contributed by atoms with Crippen molar-refractivity contribution < 1.29 is 27.0 Å². The van der Waals surface area contributed by atoms with Crippen LogP contribution in [0.15, 0.2) is 75.6 Å². The van der Waals surface area contributed by atoms with Crippen molar-refractivity contribution >= 4 is 27.0 Å². The average molecular weight is 485 g/mol. The Morgan fingerprint density at radius 3 is 2.58 bits per heavy atom. The normalized spacial score (nSPS) is 13.0. The highest BCUT2D eigenvalue weighted by Crippen LogP contribution is 2.35. The molecule has 0 amide bonds. The minimum absolute atomic E-state index is 0.0159. The number of fused-ring (bicyclic) bond motifs is 1. The predicted molar refractivity (Wildman–Crippen MR) is 124 cm³/mol. The summed E-state index contributed by atoms with van der Waals surface area (Å²) in [5, 5.41) is 1.93. The van der Waals surface area contributed by atoms with Gasteiger partial charge in [-0.15, -0.1) is 11.3 Å². The third kappa shape index (κ3) is 4.27. The van der Waals surface area contributed by atoms with Crippen molar-refractivity contribution in [2.45, 2.75) is 11.4 Å². The van der Waals surface area contributed by atoms with Gasteiger partial charge in [0.2, 0.25) is 5.89 Å². The summed E-state index contributed by atoms with van der Waals surface area (Å²) in [6.45, 7) is 0.775. The molecule has 0 saturated carbocycles. The van der Waals surface area contributed by atoms with Crippen LogP contribution in [0.2, 0.25) is 0 Å². The minimum Gasteiger partial charge on any atom is -0.497 e. The van der Waals surface area contributed by atoms with Gasteiger partial charge in [0.15, 0.2) is 11.5 Å². The van der Waals surface area contributed by atoms with E-state index in [1.54, 1.807) is 37.4 Å².